The topological polar surface area (TPSA) is 77.0 Å². The van der Waals surface area contributed by atoms with Crippen LogP contribution in [0.2, 0.25) is 0 Å². The van der Waals surface area contributed by atoms with Gasteiger partial charge in [0.2, 0.25) is 0 Å². The van der Waals surface area contributed by atoms with E-state index in [0.29, 0.717) is 17.9 Å². The van der Waals surface area contributed by atoms with Gasteiger partial charge in [-0.3, -0.25) is 0 Å². The molecule has 2 heterocycles. The van der Waals surface area contributed by atoms with Gasteiger partial charge < -0.3 is 15.4 Å². The zero-order valence-electron chi connectivity index (χ0n) is 13.7. The number of hydrogen-bond donors (Lipinski definition) is 2. The highest BCUT2D eigenvalue weighted by Crippen LogP contribution is 2.33. The molecule has 2 aromatic heterocycles. The maximum Gasteiger partial charge on any atom is 0.169 e. The van der Waals surface area contributed by atoms with Gasteiger partial charge in [-0.1, -0.05) is 36.9 Å². The van der Waals surface area contributed by atoms with Crippen LogP contribution in [0.3, 0.4) is 0 Å². The molecule has 0 saturated carbocycles. The molecule has 6 heteroatoms. The minimum atomic E-state index is -0.839. The number of para-hydroxylation sites is 1. The van der Waals surface area contributed by atoms with Crippen molar-refractivity contribution in [1.82, 2.24) is 14.5 Å². The van der Waals surface area contributed by atoms with Crippen LogP contribution in [0.1, 0.15) is 27.2 Å². The highest BCUT2D eigenvalue weighted by molar-refractivity contribution is 7.99. The molecule has 0 atom stereocenters. The number of nitrogens with two attached hydrogens (primary N) is 1. The first-order chi connectivity index (χ1) is 10.9. The molecule has 0 aliphatic rings. The van der Waals surface area contributed by atoms with E-state index in [-0.39, 0.29) is 0 Å². The van der Waals surface area contributed by atoms with E-state index in [1.165, 1.54) is 0 Å². The number of aromatic nitrogens is 3. The summed E-state index contributed by atoms with van der Waals surface area (Å²) in [7, 11) is 0. The summed E-state index contributed by atoms with van der Waals surface area (Å²) >= 11 is 1.69. The van der Waals surface area contributed by atoms with Crippen molar-refractivity contribution in [3.05, 3.63) is 24.3 Å². The Labute approximate surface area is 139 Å². The molecule has 3 aromatic rings. The average Bonchev–Trinajstić information content (AvgIpc) is 2.83. The van der Waals surface area contributed by atoms with Crippen molar-refractivity contribution in [3.63, 3.8) is 0 Å². The number of fused-ring (bicyclic) bond motifs is 3. The Morgan fingerprint density at radius 2 is 2.00 bits per heavy atom. The van der Waals surface area contributed by atoms with Crippen molar-refractivity contribution in [2.24, 2.45) is 0 Å². The lowest BCUT2D eigenvalue weighted by Gasteiger charge is -2.20. The van der Waals surface area contributed by atoms with Gasteiger partial charge in [-0.05, 0) is 26.3 Å². The Balaban J connectivity index is 2.32. The number of benzene rings is 1. The van der Waals surface area contributed by atoms with E-state index in [2.05, 4.69) is 16.5 Å². The molecule has 0 amide bonds. The van der Waals surface area contributed by atoms with E-state index in [1.54, 1.807) is 25.6 Å². The summed E-state index contributed by atoms with van der Waals surface area (Å²) in [5, 5.41) is 12.2. The van der Waals surface area contributed by atoms with Gasteiger partial charge in [0, 0.05) is 11.1 Å². The third kappa shape index (κ3) is 3.14. The van der Waals surface area contributed by atoms with Crippen LogP contribution < -0.4 is 5.73 Å². The van der Waals surface area contributed by atoms with Crippen LogP contribution in [0.4, 0.5) is 5.82 Å². The molecule has 122 valence electrons. The molecular weight excluding hydrogens is 308 g/mol. The fourth-order valence-electron chi connectivity index (χ4n) is 2.68. The maximum atomic E-state index is 10.3. The maximum absolute atomic E-state index is 10.3. The molecule has 23 heavy (non-hydrogen) atoms. The van der Waals surface area contributed by atoms with Gasteiger partial charge in [-0.2, -0.15) is 0 Å². The van der Waals surface area contributed by atoms with Gasteiger partial charge in [0.25, 0.3) is 0 Å². The van der Waals surface area contributed by atoms with Crippen LogP contribution in [0.15, 0.2) is 29.4 Å². The second-order valence-electron chi connectivity index (χ2n) is 6.35. The van der Waals surface area contributed by atoms with Crippen LogP contribution in [-0.4, -0.2) is 31.0 Å². The molecule has 5 nitrogen and oxygen atoms in total. The Morgan fingerprint density at radius 1 is 1.26 bits per heavy atom. The minimum absolute atomic E-state index is 0.437. The van der Waals surface area contributed by atoms with E-state index in [0.717, 1.165) is 33.7 Å². The number of nitrogen functional groups attached to an aromatic ring is 1. The number of rotatable bonds is 5. The molecule has 0 fully saturated rings. The largest absolute Gasteiger partial charge is 0.389 e. The second-order valence-corrected chi connectivity index (χ2v) is 7.41. The summed E-state index contributed by atoms with van der Waals surface area (Å²) in [5.74, 6) is 1.41. The molecule has 0 unspecified atom stereocenters. The summed E-state index contributed by atoms with van der Waals surface area (Å²) in [6, 6.07) is 7.91. The van der Waals surface area contributed by atoms with E-state index in [4.69, 9.17) is 10.7 Å². The van der Waals surface area contributed by atoms with Gasteiger partial charge in [-0.25, -0.2) is 9.97 Å². The van der Waals surface area contributed by atoms with Crippen molar-refractivity contribution in [1.29, 1.82) is 0 Å². The third-order valence-electron chi connectivity index (χ3n) is 3.56. The Kier molecular flexibility index (Phi) is 4.21. The van der Waals surface area contributed by atoms with Crippen molar-refractivity contribution < 1.29 is 5.11 Å². The Bertz CT molecular complexity index is 851. The summed E-state index contributed by atoms with van der Waals surface area (Å²) in [4.78, 5) is 9.18. The quantitative estimate of drug-likeness (QED) is 0.701. The molecule has 1 aromatic carbocycles. The van der Waals surface area contributed by atoms with Gasteiger partial charge in [-0.15, -0.1) is 0 Å². The number of thioether (sulfide) groups is 1. The van der Waals surface area contributed by atoms with Crippen LogP contribution in [0.25, 0.3) is 21.9 Å². The number of anilines is 1. The fourth-order valence-corrected chi connectivity index (χ4v) is 3.53. The standard InChI is InChI=1S/C17H22N4OS/c1-4-9-23-16-20-13-14(21(16)10-17(2,3)22)11-7-5-6-8-12(11)19-15(13)18/h5-8,22H,4,9-10H2,1-3H3,(H2,18,19). The van der Waals surface area contributed by atoms with Crippen molar-refractivity contribution >= 4 is 39.5 Å². The average molecular weight is 330 g/mol. The lowest BCUT2D eigenvalue weighted by molar-refractivity contribution is 0.0603. The van der Waals surface area contributed by atoms with Crippen LogP contribution in [0.5, 0.6) is 0 Å². The van der Waals surface area contributed by atoms with E-state index < -0.39 is 5.60 Å². The third-order valence-corrected chi connectivity index (χ3v) is 4.74. The van der Waals surface area contributed by atoms with Gasteiger partial charge in [0.05, 0.1) is 23.2 Å². The first-order valence-corrected chi connectivity index (χ1v) is 8.79. The number of hydrogen-bond acceptors (Lipinski definition) is 5. The normalized spacial score (nSPS) is 12.3. The smallest absolute Gasteiger partial charge is 0.169 e. The monoisotopic (exact) mass is 330 g/mol. The first-order valence-electron chi connectivity index (χ1n) is 7.80. The fraction of sp³-hybridized carbons (Fsp3) is 0.412. The van der Waals surface area contributed by atoms with Crippen LogP contribution in [-0.2, 0) is 6.54 Å². The van der Waals surface area contributed by atoms with E-state index in [1.807, 2.05) is 24.3 Å². The molecule has 0 aliphatic carbocycles. The highest BCUT2D eigenvalue weighted by atomic mass is 32.2. The lowest BCUT2D eigenvalue weighted by atomic mass is 10.1. The summed E-state index contributed by atoms with van der Waals surface area (Å²) in [6.07, 6.45) is 1.06. The van der Waals surface area contributed by atoms with Gasteiger partial charge >= 0.3 is 0 Å². The molecule has 0 spiro atoms. The van der Waals surface area contributed by atoms with Crippen LogP contribution >= 0.6 is 11.8 Å². The number of nitrogens with zero attached hydrogens (tertiary/aromatic N) is 3. The number of pyridine rings is 1. The highest BCUT2D eigenvalue weighted by Gasteiger charge is 2.22. The summed E-state index contributed by atoms with van der Waals surface area (Å²) in [5.41, 5.74) is 7.81. The molecule has 0 bridgehead atoms. The zero-order chi connectivity index (χ0) is 16.6. The Hall–Kier alpha value is -1.79. The molecule has 3 rings (SSSR count). The van der Waals surface area contributed by atoms with E-state index in [9.17, 15) is 5.11 Å². The lowest BCUT2D eigenvalue weighted by Crippen LogP contribution is -2.26. The Morgan fingerprint density at radius 3 is 2.70 bits per heavy atom. The first kappa shape index (κ1) is 16.1. The molecule has 0 aliphatic heterocycles. The summed E-state index contributed by atoms with van der Waals surface area (Å²) < 4.78 is 2.08. The van der Waals surface area contributed by atoms with Crippen molar-refractivity contribution in [2.45, 2.75) is 44.5 Å². The SMILES string of the molecule is CCCSc1nc2c(N)nc3ccccc3c2n1CC(C)(C)O. The molecule has 0 saturated heterocycles. The summed E-state index contributed by atoms with van der Waals surface area (Å²) in [6.45, 7) is 6.21. The zero-order valence-corrected chi connectivity index (χ0v) is 14.5. The van der Waals surface area contributed by atoms with Crippen molar-refractivity contribution in [2.75, 3.05) is 11.5 Å². The van der Waals surface area contributed by atoms with Gasteiger partial charge in [0.15, 0.2) is 11.0 Å². The number of aliphatic hydroxyl groups is 1. The van der Waals surface area contributed by atoms with E-state index >= 15 is 0 Å². The predicted octanol–water partition coefficient (Wildman–Crippen LogP) is 3.44. The van der Waals surface area contributed by atoms with Crippen molar-refractivity contribution in [3.8, 4) is 0 Å². The van der Waals surface area contributed by atoms with Gasteiger partial charge in [0.1, 0.15) is 5.52 Å². The number of imidazole rings is 1. The molecular formula is C17H22N4OS. The minimum Gasteiger partial charge on any atom is -0.389 e. The molecule has 3 N–H and O–H groups in total. The predicted molar refractivity (Wildman–Crippen MR) is 96.8 cm³/mol. The van der Waals surface area contributed by atoms with Crippen LogP contribution in [0, 0.1) is 0 Å². The second kappa shape index (κ2) is 6.02. The molecule has 0 radical (unpaired) electrons.